The lowest BCUT2D eigenvalue weighted by atomic mass is 9.98. The van der Waals surface area contributed by atoms with E-state index in [9.17, 15) is 0 Å². The van der Waals surface area contributed by atoms with E-state index in [0.717, 1.165) is 29.9 Å². The molecule has 3 aromatic rings. The SMILES string of the molecule is COC[C@H](C)Nc1ncc2c(-c3cnn(C4COC4)c3)cc(C3CCSCC3)n2n1. The molecule has 2 aliphatic rings. The first-order chi connectivity index (χ1) is 14.7. The minimum Gasteiger partial charge on any atom is -0.383 e. The van der Waals surface area contributed by atoms with Crippen molar-refractivity contribution >= 4 is 23.2 Å². The Balaban J connectivity index is 1.54. The maximum Gasteiger partial charge on any atom is 0.241 e. The lowest BCUT2D eigenvalue weighted by Crippen LogP contribution is -2.30. The first-order valence-corrected chi connectivity index (χ1v) is 11.7. The topological polar surface area (TPSA) is 78.5 Å². The summed E-state index contributed by atoms with van der Waals surface area (Å²) < 4.78 is 14.7. The molecule has 160 valence electrons. The van der Waals surface area contributed by atoms with E-state index in [1.165, 1.54) is 30.0 Å². The Bertz CT molecular complexity index is 1010. The van der Waals surface area contributed by atoms with Gasteiger partial charge in [0.1, 0.15) is 0 Å². The van der Waals surface area contributed by atoms with Crippen LogP contribution in [0.4, 0.5) is 5.95 Å². The van der Waals surface area contributed by atoms with Crippen LogP contribution in [-0.4, -0.2) is 68.9 Å². The molecule has 9 heteroatoms. The Hall–Kier alpha value is -2.10. The number of anilines is 1. The van der Waals surface area contributed by atoms with Crippen molar-refractivity contribution in [2.24, 2.45) is 0 Å². The van der Waals surface area contributed by atoms with Crippen LogP contribution in [0, 0.1) is 0 Å². The molecule has 0 bridgehead atoms. The molecule has 30 heavy (non-hydrogen) atoms. The number of ether oxygens (including phenoxy) is 2. The standard InChI is InChI=1S/C21H28N6O2S/c1-14(11-28-2)24-21-22-9-20-18(16-8-23-26(10-16)17-12-29-13-17)7-19(27(20)25-21)15-3-5-30-6-4-15/h7-10,14-15,17H,3-6,11-13H2,1-2H3,(H,24,25)/t14-/m0/s1. The van der Waals surface area contributed by atoms with Gasteiger partial charge in [0.05, 0.1) is 43.8 Å². The van der Waals surface area contributed by atoms with E-state index in [-0.39, 0.29) is 6.04 Å². The number of thioether (sulfide) groups is 1. The number of hydrogen-bond donors (Lipinski definition) is 1. The average molecular weight is 429 g/mol. The number of fused-ring (bicyclic) bond motifs is 1. The summed E-state index contributed by atoms with van der Waals surface area (Å²) in [6.45, 7) is 4.14. The monoisotopic (exact) mass is 428 g/mol. The molecule has 1 N–H and O–H groups in total. The maximum atomic E-state index is 5.32. The van der Waals surface area contributed by atoms with Crippen LogP contribution in [0.25, 0.3) is 16.6 Å². The zero-order valence-electron chi connectivity index (χ0n) is 17.5. The second-order valence-electron chi connectivity index (χ2n) is 8.15. The third-order valence-electron chi connectivity index (χ3n) is 5.88. The van der Waals surface area contributed by atoms with Gasteiger partial charge in [-0.2, -0.15) is 16.9 Å². The Kier molecular flexibility index (Phi) is 5.66. The second-order valence-corrected chi connectivity index (χ2v) is 9.37. The van der Waals surface area contributed by atoms with Gasteiger partial charge in [-0.1, -0.05) is 0 Å². The van der Waals surface area contributed by atoms with Crippen molar-refractivity contribution in [1.82, 2.24) is 24.4 Å². The van der Waals surface area contributed by atoms with Crippen molar-refractivity contribution in [2.75, 3.05) is 43.8 Å². The van der Waals surface area contributed by atoms with Crippen LogP contribution in [0.1, 0.15) is 37.4 Å². The van der Waals surface area contributed by atoms with E-state index < -0.39 is 0 Å². The Morgan fingerprint density at radius 2 is 2.13 bits per heavy atom. The fraction of sp³-hybridized carbons (Fsp3) is 0.571. The zero-order valence-corrected chi connectivity index (χ0v) is 18.3. The van der Waals surface area contributed by atoms with Crippen LogP contribution < -0.4 is 5.32 Å². The zero-order chi connectivity index (χ0) is 20.5. The quantitative estimate of drug-likeness (QED) is 0.619. The molecular formula is C21H28N6O2S. The number of methoxy groups -OCH3 is 1. The molecule has 0 amide bonds. The van der Waals surface area contributed by atoms with Crippen LogP contribution in [0.15, 0.2) is 24.7 Å². The fourth-order valence-electron chi connectivity index (χ4n) is 4.16. The minimum atomic E-state index is 0.139. The summed E-state index contributed by atoms with van der Waals surface area (Å²) in [7, 11) is 1.70. The molecule has 2 aliphatic heterocycles. The van der Waals surface area contributed by atoms with Gasteiger partial charge in [0.15, 0.2) is 0 Å². The van der Waals surface area contributed by atoms with Gasteiger partial charge >= 0.3 is 0 Å². The molecule has 0 spiro atoms. The predicted octanol–water partition coefficient (Wildman–Crippen LogP) is 3.22. The summed E-state index contributed by atoms with van der Waals surface area (Å²) in [6, 6.07) is 2.78. The van der Waals surface area contributed by atoms with Crippen LogP contribution in [0.2, 0.25) is 0 Å². The normalized spacial score (nSPS) is 19.1. The van der Waals surface area contributed by atoms with E-state index in [1.807, 2.05) is 28.8 Å². The predicted molar refractivity (Wildman–Crippen MR) is 118 cm³/mol. The largest absolute Gasteiger partial charge is 0.383 e. The molecule has 2 fully saturated rings. The Morgan fingerprint density at radius 1 is 1.30 bits per heavy atom. The third kappa shape index (κ3) is 3.81. The van der Waals surface area contributed by atoms with Crippen molar-refractivity contribution in [2.45, 2.75) is 37.8 Å². The molecule has 5 rings (SSSR count). The molecule has 5 heterocycles. The van der Waals surface area contributed by atoms with Crippen molar-refractivity contribution in [1.29, 1.82) is 0 Å². The van der Waals surface area contributed by atoms with Gasteiger partial charge in [0, 0.05) is 42.1 Å². The minimum absolute atomic E-state index is 0.139. The van der Waals surface area contributed by atoms with Crippen molar-refractivity contribution < 1.29 is 9.47 Å². The van der Waals surface area contributed by atoms with Crippen molar-refractivity contribution in [3.8, 4) is 11.1 Å². The first kappa shape index (κ1) is 19.8. The molecule has 0 saturated carbocycles. The highest BCUT2D eigenvalue weighted by molar-refractivity contribution is 7.99. The van der Waals surface area contributed by atoms with Crippen LogP contribution in [0.5, 0.6) is 0 Å². The van der Waals surface area contributed by atoms with Gasteiger partial charge in [-0.25, -0.2) is 9.50 Å². The Morgan fingerprint density at radius 3 is 2.87 bits per heavy atom. The van der Waals surface area contributed by atoms with E-state index in [2.05, 4.69) is 39.1 Å². The van der Waals surface area contributed by atoms with Gasteiger partial charge < -0.3 is 14.8 Å². The number of nitrogens with zero attached hydrogens (tertiary/aromatic N) is 5. The van der Waals surface area contributed by atoms with Crippen molar-refractivity contribution in [3.05, 3.63) is 30.4 Å². The lowest BCUT2D eigenvalue weighted by molar-refractivity contribution is -0.0286. The maximum absolute atomic E-state index is 5.32. The number of nitrogens with one attached hydrogen (secondary N) is 1. The van der Waals surface area contributed by atoms with E-state index in [1.54, 1.807) is 7.11 Å². The Labute approximate surface area is 180 Å². The molecular weight excluding hydrogens is 400 g/mol. The highest BCUT2D eigenvalue weighted by Crippen LogP contribution is 2.37. The fourth-order valence-corrected chi connectivity index (χ4v) is 5.27. The molecule has 1 atom stereocenters. The number of aromatic nitrogens is 5. The molecule has 0 aromatic carbocycles. The highest BCUT2D eigenvalue weighted by Gasteiger charge is 2.25. The van der Waals surface area contributed by atoms with Gasteiger partial charge in [0.2, 0.25) is 5.95 Å². The van der Waals surface area contributed by atoms with Gasteiger partial charge in [-0.15, -0.1) is 5.10 Å². The van der Waals surface area contributed by atoms with Gasteiger partial charge in [-0.3, -0.25) is 4.68 Å². The second kappa shape index (κ2) is 8.56. The first-order valence-electron chi connectivity index (χ1n) is 10.6. The summed E-state index contributed by atoms with van der Waals surface area (Å²) in [5.74, 6) is 3.55. The molecule has 0 radical (unpaired) electrons. The van der Waals surface area contributed by atoms with Crippen LogP contribution in [0.3, 0.4) is 0 Å². The number of rotatable bonds is 7. The summed E-state index contributed by atoms with van der Waals surface area (Å²) in [6.07, 6.45) is 8.36. The molecule has 0 aliphatic carbocycles. The average Bonchev–Trinajstić information content (AvgIpc) is 3.32. The molecule has 8 nitrogen and oxygen atoms in total. The van der Waals surface area contributed by atoms with Crippen molar-refractivity contribution in [3.63, 3.8) is 0 Å². The summed E-state index contributed by atoms with van der Waals surface area (Å²) in [4.78, 5) is 4.59. The van der Waals surface area contributed by atoms with Crippen LogP contribution >= 0.6 is 11.8 Å². The lowest BCUT2D eigenvalue weighted by Gasteiger charge is -2.25. The van der Waals surface area contributed by atoms with Crippen LogP contribution in [-0.2, 0) is 9.47 Å². The summed E-state index contributed by atoms with van der Waals surface area (Å²) in [5, 5.41) is 12.8. The summed E-state index contributed by atoms with van der Waals surface area (Å²) in [5.41, 5.74) is 4.54. The molecule has 0 unspecified atom stereocenters. The van der Waals surface area contributed by atoms with Gasteiger partial charge in [0.25, 0.3) is 0 Å². The van der Waals surface area contributed by atoms with E-state index in [0.29, 0.717) is 24.5 Å². The van der Waals surface area contributed by atoms with E-state index >= 15 is 0 Å². The van der Waals surface area contributed by atoms with Gasteiger partial charge in [-0.05, 0) is 37.3 Å². The summed E-state index contributed by atoms with van der Waals surface area (Å²) >= 11 is 2.04. The number of hydrogen-bond acceptors (Lipinski definition) is 7. The molecule has 2 saturated heterocycles. The molecule has 3 aromatic heterocycles. The highest BCUT2D eigenvalue weighted by atomic mass is 32.2. The van der Waals surface area contributed by atoms with E-state index in [4.69, 9.17) is 14.6 Å². The smallest absolute Gasteiger partial charge is 0.241 e. The third-order valence-corrected chi connectivity index (χ3v) is 6.93.